The van der Waals surface area contributed by atoms with Crippen molar-refractivity contribution in [2.75, 3.05) is 6.54 Å². The van der Waals surface area contributed by atoms with Crippen LogP contribution in [0.15, 0.2) is 53.3 Å². The van der Waals surface area contributed by atoms with Crippen LogP contribution < -0.4 is 0 Å². The summed E-state index contributed by atoms with van der Waals surface area (Å²) in [5, 5.41) is 8.10. The molecule has 24 heavy (non-hydrogen) atoms. The zero-order valence-electron chi connectivity index (χ0n) is 13.4. The number of carbonyl (C=O) groups is 1. The molecule has 0 spiro atoms. The van der Waals surface area contributed by atoms with E-state index in [2.05, 4.69) is 22.4 Å². The van der Waals surface area contributed by atoms with Gasteiger partial charge in [-0.1, -0.05) is 35.5 Å². The van der Waals surface area contributed by atoms with Gasteiger partial charge in [0.15, 0.2) is 0 Å². The van der Waals surface area contributed by atoms with Gasteiger partial charge in [0.05, 0.1) is 6.20 Å². The summed E-state index contributed by atoms with van der Waals surface area (Å²) in [5.74, 6) is 0.191. The highest BCUT2D eigenvalue weighted by atomic mass is 16.5. The Morgan fingerprint density at radius 1 is 1.33 bits per heavy atom. The monoisotopic (exact) mass is 322 g/mol. The molecule has 1 unspecified atom stereocenters. The number of hydrogen-bond donors (Lipinski definition) is 0. The predicted octanol–water partition coefficient (Wildman–Crippen LogP) is 2.53. The maximum Gasteiger partial charge on any atom is 0.292 e. The molecule has 1 amide bonds. The lowest BCUT2D eigenvalue weighted by Crippen LogP contribution is -2.52. The van der Waals surface area contributed by atoms with Crippen molar-refractivity contribution in [1.82, 2.24) is 19.8 Å². The first kappa shape index (κ1) is 14.7. The molecule has 1 saturated heterocycles. The van der Waals surface area contributed by atoms with Crippen LogP contribution >= 0.6 is 0 Å². The highest BCUT2D eigenvalue weighted by Crippen LogP contribution is 2.26. The second-order valence-electron chi connectivity index (χ2n) is 6.11. The zero-order valence-corrected chi connectivity index (χ0v) is 13.4. The summed E-state index contributed by atoms with van der Waals surface area (Å²) in [6, 6.07) is 12.2. The normalized spacial score (nSPS) is 16.9. The first-order valence-electron chi connectivity index (χ1n) is 8.01. The number of rotatable bonds is 4. The molecular formula is C18H18N4O2. The van der Waals surface area contributed by atoms with E-state index < -0.39 is 0 Å². The maximum atomic E-state index is 12.6. The van der Waals surface area contributed by atoms with E-state index >= 15 is 0 Å². The Balaban J connectivity index is 1.47. The molecule has 2 aromatic heterocycles. The van der Waals surface area contributed by atoms with Crippen LogP contribution in [0.1, 0.15) is 22.5 Å². The van der Waals surface area contributed by atoms with Gasteiger partial charge in [0.2, 0.25) is 5.76 Å². The molecule has 0 radical (unpaired) electrons. The van der Waals surface area contributed by atoms with Crippen LogP contribution in [0.5, 0.6) is 0 Å². The minimum atomic E-state index is -0.0928. The molecule has 1 aliphatic rings. The van der Waals surface area contributed by atoms with E-state index in [1.165, 1.54) is 5.56 Å². The van der Waals surface area contributed by atoms with Crippen molar-refractivity contribution in [3.05, 3.63) is 60.1 Å². The number of aromatic nitrogens is 3. The van der Waals surface area contributed by atoms with Gasteiger partial charge in [-0.3, -0.25) is 9.48 Å². The van der Waals surface area contributed by atoms with Crippen molar-refractivity contribution in [2.45, 2.75) is 18.9 Å². The summed E-state index contributed by atoms with van der Waals surface area (Å²) in [7, 11) is 1.84. The predicted molar refractivity (Wildman–Crippen MR) is 88.3 cm³/mol. The van der Waals surface area contributed by atoms with Gasteiger partial charge in [-0.15, -0.1) is 0 Å². The van der Waals surface area contributed by atoms with Crippen LogP contribution in [0.25, 0.3) is 11.3 Å². The number of likely N-dealkylation sites (tertiary alicyclic amines) is 1. The topological polar surface area (TPSA) is 64.2 Å². The van der Waals surface area contributed by atoms with Crippen molar-refractivity contribution in [3.8, 4) is 11.3 Å². The Labute approximate surface area is 139 Å². The van der Waals surface area contributed by atoms with E-state index in [0.717, 1.165) is 24.9 Å². The number of benzene rings is 1. The van der Waals surface area contributed by atoms with Gasteiger partial charge in [-0.2, -0.15) is 5.10 Å². The van der Waals surface area contributed by atoms with E-state index in [-0.39, 0.29) is 17.7 Å². The fourth-order valence-electron chi connectivity index (χ4n) is 3.01. The molecule has 3 heterocycles. The average molecular weight is 322 g/mol. The van der Waals surface area contributed by atoms with Gasteiger partial charge >= 0.3 is 0 Å². The minimum Gasteiger partial charge on any atom is -0.350 e. The van der Waals surface area contributed by atoms with E-state index in [0.29, 0.717) is 5.69 Å². The Hall–Kier alpha value is -2.89. The first-order valence-corrected chi connectivity index (χ1v) is 8.01. The van der Waals surface area contributed by atoms with Gasteiger partial charge in [-0.25, -0.2) is 0 Å². The van der Waals surface area contributed by atoms with Crippen molar-refractivity contribution < 1.29 is 9.32 Å². The van der Waals surface area contributed by atoms with Gasteiger partial charge in [0, 0.05) is 37.5 Å². The SMILES string of the molecule is Cn1cc(-c2cc(C(=O)N3CCC3Cc3ccccc3)on2)cn1. The summed E-state index contributed by atoms with van der Waals surface area (Å²) >= 11 is 0. The van der Waals surface area contributed by atoms with Crippen LogP contribution in [0, 0.1) is 0 Å². The van der Waals surface area contributed by atoms with E-state index in [1.54, 1.807) is 16.9 Å². The highest BCUT2D eigenvalue weighted by Gasteiger charge is 2.34. The lowest BCUT2D eigenvalue weighted by Gasteiger charge is -2.40. The zero-order chi connectivity index (χ0) is 16.5. The smallest absolute Gasteiger partial charge is 0.292 e. The average Bonchev–Trinajstić information content (AvgIpc) is 3.21. The first-order chi connectivity index (χ1) is 11.7. The molecule has 0 aliphatic carbocycles. The van der Waals surface area contributed by atoms with Gasteiger partial charge in [-0.05, 0) is 18.4 Å². The molecule has 4 rings (SSSR count). The molecule has 6 nitrogen and oxygen atoms in total. The summed E-state index contributed by atoms with van der Waals surface area (Å²) in [4.78, 5) is 14.5. The quantitative estimate of drug-likeness (QED) is 0.740. The lowest BCUT2D eigenvalue weighted by atomic mass is 9.95. The molecule has 1 aliphatic heterocycles. The minimum absolute atomic E-state index is 0.0928. The van der Waals surface area contributed by atoms with E-state index in [1.807, 2.05) is 36.3 Å². The standard InChI is InChI=1S/C18H18N4O2/c1-21-12-14(11-19-21)16-10-17(24-20-16)18(23)22-8-7-15(22)9-13-5-3-2-4-6-13/h2-6,10-12,15H,7-9H2,1H3. The largest absolute Gasteiger partial charge is 0.350 e. The summed E-state index contributed by atoms with van der Waals surface area (Å²) in [6.07, 6.45) is 5.43. The van der Waals surface area contributed by atoms with Crippen LogP contribution in [0.3, 0.4) is 0 Å². The summed E-state index contributed by atoms with van der Waals surface area (Å²) in [5.41, 5.74) is 2.71. The molecule has 1 fully saturated rings. The number of aryl methyl sites for hydroxylation is 1. The van der Waals surface area contributed by atoms with Crippen molar-refractivity contribution in [3.63, 3.8) is 0 Å². The van der Waals surface area contributed by atoms with Crippen LogP contribution in [-0.2, 0) is 13.5 Å². The fraction of sp³-hybridized carbons (Fsp3) is 0.278. The molecular weight excluding hydrogens is 304 g/mol. The molecule has 122 valence electrons. The number of hydrogen-bond acceptors (Lipinski definition) is 4. The van der Waals surface area contributed by atoms with E-state index in [9.17, 15) is 4.79 Å². The Bertz CT molecular complexity index is 853. The number of amides is 1. The van der Waals surface area contributed by atoms with Gasteiger partial charge < -0.3 is 9.42 Å². The van der Waals surface area contributed by atoms with Crippen molar-refractivity contribution >= 4 is 5.91 Å². The third kappa shape index (κ3) is 2.71. The Morgan fingerprint density at radius 3 is 2.83 bits per heavy atom. The highest BCUT2D eigenvalue weighted by molar-refractivity contribution is 5.93. The van der Waals surface area contributed by atoms with Crippen molar-refractivity contribution in [1.29, 1.82) is 0 Å². The number of nitrogens with zero attached hydrogens (tertiary/aromatic N) is 4. The molecule has 1 atom stereocenters. The van der Waals surface area contributed by atoms with Gasteiger partial charge in [0.1, 0.15) is 5.69 Å². The Morgan fingerprint density at radius 2 is 2.17 bits per heavy atom. The fourth-order valence-corrected chi connectivity index (χ4v) is 3.01. The molecule has 1 aromatic carbocycles. The summed E-state index contributed by atoms with van der Waals surface area (Å²) in [6.45, 7) is 0.763. The molecule has 6 heteroatoms. The molecule has 0 bridgehead atoms. The van der Waals surface area contributed by atoms with Crippen LogP contribution in [0.4, 0.5) is 0 Å². The second kappa shape index (κ2) is 5.96. The van der Waals surface area contributed by atoms with Gasteiger partial charge in [0.25, 0.3) is 5.91 Å². The summed E-state index contributed by atoms with van der Waals surface area (Å²) < 4.78 is 6.96. The molecule has 3 aromatic rings. The van der Waals surface area contributed by atoms with Crippen LogP contribution in [-0.4, -0.2) is 38.3 Å². The maximum absolute atomic E-state index is 12.6. The van der Waals surface area contributed by atoms with Crippen LogP contribution in [0.2, 0.25) is 0 Å². The third-order valence-electron chi connectivity index (χ3n) is 4.44. The van der Waals surface area contributed by atoms with Crippen molar-refractivity contribution in [2.24, 2.45) is 7.05 Å². The number of carbonyl (C=O) groups excluding carboxylic acids is 1. The lowest BCUT2D eigenvalue weighted by molar-refractivity contribution is 0.0423. The van der Waals surface area contributed by atoms with E-state index in [4.69, 9.17) is 4.52 Å². The molecule has 0 saturated carbocycles. The molecule has 0 N–H and O–H groups in total. The third-order valence-corrected chi connectivity index (χ3v) is 4.44. The second-order valence-corrected chi connectivity index (χ2v) is 6.11. The Kier molecular flexibility index (Phi) is 3.65.